The van der Waals surface area contributed by atoms with Crippen molar-refractivity contribution in [1.29, 1.82) is 0 Å². The molecule has 1 aromatic rings. The lowest BCUT2D eigenvalue weighted by Gasteiger charge is -2.13. The number of nitrogens with zero attached hydrogens (tertiary/aromatic N) is 1. The Kier molecular flexibility index (Phi) is 3.38. The van der Waals surface area contributed by atoms with Gasteiger partial charge in [0.25, 0.3) is 0 Å². The number of benzene rings is 1. The van der Waals surface area contributed by atoms with E-state index in [0.29, 0.717) is 22.8 Å². The molecule has 0 bridgehead atoms. The average Bonchev–Trinajstić information content (AvgIpc) is 2.60. The summed E-state index contributed by atoms with van der Waals surface area (Å²) in [7, 11) is 0. The summed E-state index contributed by atoms with van der Waals surface area (Å²) in [4.78, 5) is 15.4. The summed E-state index contributed by atoms with van der Waals surface area (Å²) in [6.07, 6.45) is 0.308. The number of amides is 1. The number of hydrogen-bond donors (Lipinski definition) is 1. The second kappa shape index (κ2) is 4.68. The zero-order valence-corrected chi connectivity index (χ0v) is 10.6. The Labute approximate surface area is 107 Å². The molecule has 3 nitrogen and oxygen atoms in total. The van der Waals surface area contributed by atoms with Crippen molar-refractivity contribution in [2.24, 2.45) is 10.7 Å². The lowest BCUT2D eigenvalue weighted by Crippen LogP contribution is -2.39. The molecule has 2 N–H and O–H groups in total. The van der Waals surface area contributed by atoms with E-state index < -0.39 is 23.1 Å². The number of aliphatic imine (C=N–C) groups is 1. The highest BCUT2D eigenvalue weighted by molar-refractivity contribution is 8.14. The van der Waals surface area contributed by atoms with Gasteiger partial charge in [0, 0.05) is 18.2 Å². The monoisotopic (exact) mass is 270 g/mol. The maximum absolute atomic E-state index is 13.0. The molecule has 0 spiro atoms. The maximum atomic E-state index is 13.0. The van der Waals surface area contributed by atoms with E-state index in [1.165, 1.54) is 23.9 Å². The minimum atomic E-state index is -0.911. The van der Waals surface area contributed by atoms with Crippen LogP contribution in [0.25, 0.3) is 0 Å². The molecule has 1 heterocycles. The van der Waals surface area contributed by atoms with E-state index in [-0.39, 0.29) is 0 Å². The molecule has 0 aromatic heterocycles. The molecule has 2 rings (SSSR count). The third kappa shape index (κ3) is 2.69. The highest BCUT2D eigenvalue weighted by atomic mass is 32.2. The first-order valence-corrected chi connectivity index (χ1v) is 6.34. The molecule has 18 heavy (non-hydrogen) atoms. The summed E-state index contributed by atoms with van der Waals surface area (Å²) >= 11 is 1.39. The van der Waals surface area contributed by atoms with E-state index >= 15 is 0 Å². The minimum absolute atomic E-state index is 0.308. The maximum Gasteiger partial charge on any atom is 0.245 e. The van der Waals surface area contributed by atoms with Gasteiger partial charge in [-0.05, 0) is 24.6 Å². The highest BCUT2D eigenvalue weighted by Crippen LogP contribution is 2.29. The lowest BCUT2D eigenvalue weighted by atomic mass is 10.1. The SMILES string of the molecule is CC1(C(N)=O)CSC(Cc2cc(F)cc(F)c2)=N1. The minimum Gasteiger partial charge on any atom is -0.368 e. The molecule has 0 fully saturated rings. The molecular formula is C12H12F2N2OS. The number of thioether (sulfide) groups is 1. The number of rotatable bonds is 3. The molecule has 1 atom stereocenters. The fraction of sp³-hybridized carbons (Fsp3) is 0.333. The topological polar surface area (TPSA) is 55.5 Å². The second-order valence-corrected chi connectivity index (χ2v) is 5.44. The van der Waals surface area contributed by atoms with Crippen molar-refractivity contribution in [2.75, 3.05) is 5.75 Å². The van der Waals surface area contributed by atoms with Gasteiger partial charge in [0.1, 0.15) is 17.2 Å². The molecule has 6 heteroatoms. The standard InChI is InChI=1S/C12H12F2N2OS/c1-12(11(15)17)6-18-10(16-12)4-7-2-8(13)5-9(14)3-7/h2-3,5H,4,6H2,1H3,(H2,15,17). The zero-order valence-electron chi connectivity index (χ0n) is 9.74. The molecule has 1 aliphatic heterocycles. The van der Waals surface area contributed by atoms with Crippen molar-refractivity contribution < 1.29 is 13.6 Å². The molecule has 0 radical (unpaired) electrons. The fourth-order valence-electron chi connectivity index (χ4n) is 1.67. The Hall–Kier alpha value is -1.43. The van der Waals surface area contributed by atoms with E-state index in [9.17, 15) is 13.6 Å². The van der Waals surface area contributed by atoms with Gasteiger partial charge in [0.05, 0.1) is 5.04 Å². The Morgan fingerprint density at radius 1 is 1.44 bits per heavy atom. The summed E-state index contributed by atoms with van der Waals surface area (Å²) in [6.45, 7) is 1.65. The molecule has 0 saturated carbocycles. The van der Waals surface area contributed by atoms with Crippen LogP contribution in [0.15, 0.2) is 23.2 Å². The van der Waals surface area contributed by atoms with Crippen LogP contribution in [0.3, 0.4) is 0 Å². The van der Waals surface area contributed by atoms with Crippen molar-refractivity contribution in [1.82, 2.24) is 0 Å². The first kappa shape index (κ1) is 13.0. The Bertz CT molecular complexity index is 513. The molecule has 1 amide bonds. The molecule has 96 valence electrons. The fourth-order valence-corrected chi connectivity index (χ4v) is 2.86. The Balaban J connectivity index is 2.18. The van der Waals surface area contributed by atoms with Crippen molar-refractivity contribution in [3.05, 3.63) is 35.4 Å². The van der Waals surface area contributed by atoms with Crippen molar-refractivity contribution in [3.8, 4) is 0 Å². The highest BCUT2D eigenvalue weighted by Gasteiger charge is 2.36. The number of carbonyl (C=O) groups excluding carboxylic acids is 1. The second-order valence-electron chi connectivity index (χ2n) is 4.39. The largest absolute Gasteiger partial charge is 0.368 e. The smallest absolute Gasteiger partial charge is 0.245 e. The Morgan fingerprint density at radius 3 is 2.56 bits per heavy atom. The lowest BCUT2D eigenvalue weighted by molar-refractivity contribution is -0.121. The molecule has 0 aliphatic carbocycles. The molecular weight excluding hydrogens is 258 g/mol. The van der Waals surface area contributed by atoms with Crippen LogP contribution in [0, 0.1) is 11.6 Å². The van der Waals surface area contributed by atoms with Gasteiger partial charge in [-0.1, -0.05) is 0 Å². The van der Waals surface area contributed by atoms with Gasteiger partial charge in [-0.15, -0.1) is 11.8 Å². The van der Waals surface area contributed by atoms with Crippen LogP contribution in [0.2, 0.25) is 0 Å². The summed E-state index contributed by atoms with van der Waals surface area (Å²) in [5.74, 6) is -1.26. The van der Waals surface area contributed by atoms with Gasteiger partial charge < -0.3 is 5.73 Å². The van der Waals surface area contributed by atoms with E-state index in [2.05, 4.69) is 4.99 Å². The summed E-state index contributed by atoms with van der Waals surface area (Å²) in [6, 6.07) is 3.33. The van der Waals surface area contributed by atoms with Crippen LogP contribution in [-0.4, -0.2) is 22.2 Å². The predicted octanol–water partition coefficient (Wildman–Crippen LogP) is 1.90. The van der Waals surface area contributed by atoms with Crippen LogP contribution in [0.4, 0.5) is 8.78 Å². The van der Waals surface area contributed by atoms with Crippen molar-refractivity contribution >= 4 is 22.7 Å². The third-order valence-corrected chi connectivity index (χ3v) is 3.98. The van der Waals surface area contributed by atoms with Crippen LogP contribution in [0.1, 0.15) is 12.5 Å². The molecule has 1 aliphatic rings. The van der Waals surface area contributed by atoms with Crippen LogP contribution >= 0.6 is 11.8 Å². The van der Waals surface area contributed by atoms with Gasteiger partial charge in [0.2, 0.25) is 5.91 Å². The van der Waals surface area contributed by atoms with Gasteiger partial charge >= 0.3 is 0 Å². The zero-order chi connectivity index (χ0) is 13.3. The van der Waals surface area contributed by atoms with Crippen LogP contribution < -0.4 is 5.73 Å². The van der Waals surface area contributed by atoms with Gasteiger partial charge in [-0.3, -0.25) is 9.79 Å². The number of primary amides is 1. The van der Waals surface area contributed by atoms with Gasteiger partial charge in [-0.2, -0.15) is 0 Å². The van der Waals surface area contributed by atoms with Crippen molar-refractivity contribution in [2.45, 2.75) is 18.9 Å². The van der Waals surface area contributed by atoms with Crippen LogP contribution in [0.5, 0.6) is 0 Å². The Morgan fingerprint density at radius 2 is 2.06 bits per heavy atom. The van der Waals surface area contributed by atoms with E-state index in [0.717, 1.165) is 6.07 Å². The summed E-state index contributed by atoms with van der Waals surface area (Å²) in [5.41, 5.74) is 4.84. The third-order valence-electron chi connectivity index (χ3n) is 2.70. The van der Waals surface area contributed by atoms with Gasteiger partial charge in [-0.25, -0.2) is 8.78 Å². The average molecular weight is 270 g/mol. The summed E-state index contributed by atoms with van der Waals surface area (Å²) < 4.78 is 26.0. The first-order chi connectivity index (χ1) is 8.39. The van der Waals surface area contributed by atoms with E-state index in [1.54, 1.807) is 6.92 Å². The number of hydrogen-bond acceptors (Lipinski definition) is 3. The first-order valence-electron chi connectivity index (χ1n) is 5.35. The normalized spacial score (nSPS) is 22.9. The van der Waals surface area contributed by atoms with Crippen LogP contribution in [-0.2, 0) is 11.2 Å². The predicted molar refractivity (Wildman–Crippen MR) is 67.6 cm³/mol. The number of carbonyl (C=O) groups is 1. The number of nitrogens with two attached hydrogens (primary N) is 1. The van der Waals surface area contributed by atoms with E-state index in [1.807, 2.05) is 0 Å². The van der Waals surface area contributed by atoms with Crippen molar-refractivity contribution in [3.63, 3.8) is 0 Å². The molecule has 0 saturated heterocycles. The molecule has 1 aromatic carbocycles. The summed E-state index contributed by atoms with van der Waals surface area (Å²) in [5, 5.41) is 0.668. The van der Waals surface area contributed by atoms with E-state index in [4.69, 9.17) is 5.73 Å². The van der Waals surface area contributed by atoms with Gasteiger partial charge in [0.15, 0.2) is 0 Å². The quantitative estimate of drug-likeness (QED) is 0.912. The molecule has 1 unspecified atom stereocenters. The number of halogens is 2.